The molecule has 0 saturated heterocycles. The minimum atomic E-state index is -0.976. The summed E-state index contributed by atoms with van der Waals surface area (Å²) in [5.41, 5.74) is 4.15. The van der Waals surface area contributed by atoms with Gasteiger partial charge in [-0.15, -0.1) is 0 Å². The van der Waals surface area contributed by atoms with E-state index in [4.69, 9.17) is 0 Å². The Hall–Kier alpha value is -1.49. The Morgan fingerprint density at radius 2 is 2.24 bits per heavy atom. The second-order valence-electron chi connectivity index (χ2n) is 3.59. The molecular weight excluding hydrogens is 236 g/mol. The Labute approximate surface area is 104 Å². The van der Waals surface area contributed by atoms with E-state index in [0.29, 0.717) is 5.75 Å². The van der Waals surface area contributed by atoms with Crippen LogP contribution in [0.25, 0.3) is 0 Å². The Kier molecular flexibility index (Phi) is 5.03. The lowest BCUT2D eigenvalue weighted by atomic mass is 10.2. The second kappa shape index (κ2) is 6.30. The summed E-state index contributed by atoms with van der Waals surface area (Å²) in [4.78, 5) is 11.5. The number of amides is 1. The van der Waals surface area contributed by atoms with Gasteiger partial charge in [-0.1, -0.05) is 19.1 Å². The Morgan fingerprint density at radius 3 is 2.82 bits per heavy atom. The van der Waals surface area contributed by atoms with Crippen molar-refractivity contribution in [2.75, 3.05) is 5.75 Å². The Morgan fingerprint density at radius 1 is 1.53 bits per heavy atom. The number of aryl methyl sites for hydroxylation is 1. The first kappa shape index (κ1) is 13.6. The largest absolute Gasteiger partial charge is 0.274 e. The van der Waals surface area contributed by atoms with Gasteiger partial charge in [0.25, 0.3) is 0 Å². The maximum Gasteiger partial charge on any atom is 0.236 e. The smallest absolute Gasteiger partial charge is 0.236 e. The van der Waals surface area contributed by atoms with E-state index in [2.05, 4.69) is 10.5 Å². The molecule has 92 valence electrons. The van der Waals surface area contributed by atoms with Gasteiger partial charge in [0.05, 0.1) is 17.0 Å². The summed E-state index contributed by atoms with van der Waals surface area (Å²) in [6.07, 6.45) is 1.54. The van der Waals surface area contributed by atoms with E-state index >= 15 is 0 Å². The fraction of sp³-hybridized carbons (Fsp3) is 0.333. The van der Waals surface area contributed by atoms with Gasteiger partial charge in [-0.2, -0.15) is 5.10 Å². The lowest BCUT2D eigenvalue weighted by molar-refractivity contribution is -0.118. The molecule has 0 saturated carbocycles. The third-order valence-electron chi connectivity index (χ3n) is 2.16. The maximum atomic E-state index is 11.8. The van der Waals surface area contributed by atoms with Crippen LogP contribution in [0.1, 0.15) is 25.0 Å². The van der Waals surface area contributed by atoms with Gasteiger partial charge in [-0.3, -0.25) is 9.00 Å². The average Bonchev–Trinajstić information content (AvgIpc) is 2.30. The van der Waals surface area contributed by atoms with E-state index in [1.54, 1.807) is 0 Å². The van der Waals surface area contributed by atoms with Crippen LogP contribution in [-0.2, 0) is 15.6 Å². The summed E-state index contributed by atoms with van der Waals surface area (Å²) in [5.74, 6) is 0.373. The van der Waals surface area contributed by atoms with E-state index in [1.807, 2.05) is 32.0 Å². The molecule has 17 heavy (non-hydrogen) atoms. The molecule has 0 heterocycles. The third-order valence-corrected chi connectivity index (χ3v) is 3.61. The van der Waals surface area contributed by atoms with Gasteiger partial charge in [0.15, 0.2) is 0 Å². The van der Waals surface area contributed by atoms with E-state index in [1.165, 1.54) is 13.1 Å². The normalized spacial score (nSPS) is 12.6. The molecular formula is C12H16N2O2S. The molecule has 0 radical (unpaired) electrons. The molecule has 4 nitrogen and oxygen atoms in total. The molecule has 1 amide bonds. The van der Waals surface area contributed by atoms with Crippen LogP contribution in [0.2, 0.25) is 0 Å². The minimum absolute atomic E-state index is 0.217. The van der Waals surface area contributed by atoms with E-state index in [-0.39, 0.29) is 5.91 Å². The van der Waals surface area contributed by atoms with Crippen LogP contribution in [0.15, 0.2) is 28.2 Å². The molecule has 1 aromatic carbocycles. The molecule has 0 bridgehead atoms. The van der Waals surface area contributed by atoms with E-state index in [0.717, 1.165) is 16.0 Å². The van der Waals surface area contributed by atoms with Gasteiger partial charge in [-0.25, -0.2) is 5.43 Å². The highest BCUT2D eigenvalue weighted by atomic mass is 32.2. The maximum absolute atomic E-state index is 11.8. The number of nitrogens with zero attached hydrogens (tertiary/aromatic N) is 1. The molecule has 1 rings (SSSR count). The van der Waals surface area contributed by atoms with Crippen molar-refractivity contribution in [3.63, 3.8) is 0 Å². The highest BCUT2D eigenvalue weighted by molar-refractivity contribution is 7.85. The number of carbonyl (C=O) groups is 1. The zero-order valence-electron chi connectivity index (χ0n) is 10.2. The van der Waals surface area contributed by atoms with E-state index in [9.17, 15) is 9.00 Å². The second-order valence-corrected chi connectivity index (χ2v) is 5.29. The summed E-state index contributed by atoms with van der Waals surface area (Å²) in [7, 11) is -0.976. The van der Waals surface area contributed by atoms with Crippen molar-refractivity contribution in [1.29, 1.82) is 0 Å². The number of benzene rings is 1. The fourth-order valence-electron chi connectivity index (χ4n) is 1.30. The quantitative estimate of drug-likeness (QED) is 0.653. The number of hydrogen-bond acceptors (Lipinski definition) is 3. The number of hydrogen-bond donors (Lipinski definition) is 1. The van der Waals surface area contributed by atoms with Crippen molar-refractivity contribution in [2.24, 2.45) is 5.10 Å². The predicted molar refractivity (Wildman–Crippen MR) is 69.5 cm³/mol. The van der Waals surface area contributed by atoms with Crippen molar-refractivity contribution in [2.45, 2.75) is 25.7 Å². The number of carbonyl (C=O) groups excluding carboxylic acids is 1. The summed E-state index contributed by atoms with van der Waals surface area (Å²) in [6, 6.07) is 5.61. The molecule has 0 aliphatic heterocycles. The third kappa shape index (κ3) is 4.11. The van der Waals surface area contributed by atoms with Crippen molar-refractivity contribution >= 4 is 22.9 Å². The first-order valence-electron chi connectivity index (χ1n) is 5.33. The molecule has 1 aromatic rings. The minimum Gasteiger partial charge on any atom is -0.274 e. The molecule has 5 heteroatoms. The summed E-state index contributed by atoms with van der Waals surface area (Å²) in [5, 5.41) is 3.77. The highest BCUT2D eigenvalue weighted by Gasteiger charge is 2.05. The van der Waals surface area contributed by atoms with Gasteiger partial charge >= 0.3 is 0 Å². The standard InChI is InChI=1S/C12H16N2O2S/c1-4-17(16)12-7-11(6-5-9(12)2)8-13-14-10(3)15/h5-8H,4H2,1-3H3,(H,14,15)/b13-8+. The van der Waals surface area contributed by atoms with Crippen LogP contribution in [0, 0.1) is 6.92 Å². The molecule has 1 unspecified atom stereocenters. The molecule has 0 aliphatic rings. The molecule has 1 atom stereocenters. The Balaban J connectivity index is 2.92. The summed E-state index contributed by atoms with van der Waals surface area (Å²) in [6.45, 7) is 5.20. The first-order chi connectivity index (χ1) is 8.04. The number of nitrogens with one attached hydrogen (secondary N) is 1. The zero-order valence-corrected chi connectivity index (χ0v) is 11.0. The van der Waals surface area contributed by atoms with E-state index < -0.39 is 10.8 Å². The van der Waals surface area contributed by atoms with Crippen LogP contribution in [0.4, 0.5) is 0 Å². The van der Waals surface area contributed by atoms with Crippen molar-refractivity contribution < 1.29 is 9.00 Å². The summed E-state index contributed by atoms with van der Waals surface area (Å²) < 4.78 is 11.8. The fourth-order valence-corrected chi connectivity index (χ4v) is 2.30. The molecule has 1 N–H and O–H groups in total. The lowest BCUT2D eigenvalue weighted by Gasteiger charge is -2.05. The Bertz CT molecular complexity index is 470. The first-order valence-corrected chi connectivity index (χ1v) is 6.65. The van der Waals surface area contributed by atoms with Crippen LogP contribution < -0.4 is 5.43 Å². The zero-order chi connectivity index (χ0) is 12.8. The van der Waals surface area contributed by atoms with Crippen LogP contribution in [0.3, 0.4) is 0 Å². The SMILES string of the molecule is CCS(=O)c1cc(/C=N/NC(C)=O)ccc1C. The molecule has 0 aromatic heterocycles. The van der Waals surface area contributed by atoms with Crippen molar-refractivity contribution in [3.8, 4) is 0 Å². The predicted octanol–water partition coefficient (Wildman–Crippen LogP) is 1.59. The van der Waals surface area contributed by atoms with Gasteiger partial charge in [-0.05, 0) is 24.1 Å². The highest BCUT2D eigenvalue weighted by Crippen LogP contribution is 2.14. The monoisotopic (exact) mass is 252 g/mol. The molecule has 0 spiro atoms. The van der Waals surface area contributed by atoms with Crippen molar-refractivity contribution in [1.82, 2.24) is 5.43 Å². The number of rotatable bonds is 4. The lowest BCUT2D eigenvalue weighted by Crippen LogP contribution is -2.12. The average molecular weight is 252 g/mol. The van der Waals surface area contributed by atoms with Gasteiger partial charge in [0.1, 0.15) is 0 Å². The van der Waals surface area contributed by atoms with Crippen LogP contribution in [-0.4, -0.2) is 22.1 Å². The molecule has 0 aliphatic carbocycles. The van der Waals surface area contributed by atoms with Crippen LogP contribution in [0.5, 0.6) is 0 Å². The van der Waals surface area contributed by atoms with Gasteiger partial charge in [0.2, 0.25) is 5.91 Å². The van der Waals surface area contributed by atoms with Crippen molar-refractivity contribution in [3.05, 3.63) is 29.3 Å². The van der Waals surface area contributed by atoms with Gasteiger partial charge in [0, 0.05) is 17.6 Å². The molecule has 0 fully saturated rings. The van der Waals surface area contributed by atoms with Gasteiger partial charge < -0.3 is 0 Å². The van der Waals surface area contributed by atoms with Crippen LogP contribution >= 0.6 is 0 Å². The summed E-state index contributed by atoms with van der Waals surface area (Å²) >= 11 is 0. The topological polar surface area (TPSA) is 58.5 Å². The number of hydrazone groups is 1.